The zero-order chi connectivity index (χ0) is 30.2. The molecule has 0 saturated carbocycles. The fraction of sp³-hybridized carbons (Fsp3) is 0.310. The molecular weight excluding hydrogens is 579 g/mol. The van der Waals surface area contributed by atoms with Crippen molar-refractivity contribution in [2.75, 3.05) is 17.4 Å². The Morgan fingerprint density at radius 1 is 0.976 bits per heavy atom. The molecule has 3 aromatic rings. The number of nitrogens with zero attached hydrogens (tertiary/aromatic N) is 2. The molecule has 3 rings (SSSR count). The Kier molecular flexibility index (Phi) is 10.8. The summed E-state index contributed by atoms with van der Waals surface area (Å²) >= 11 is 5.99. The average Bonchev–Trinajstić information content (AvgIpc) is 2.95. The first-order valence-electron chi connectivity index (χ1n) is 12.9. The number of anilines is 1. The molecule has 220 valence electrons. The van der Waals surface area contributed by atoms with Gasteiger partial charge in [-0.3, -0.25) is 13.9 Å². The lowest BCUT2D eigenvalue weighted by Crippen LogP contribution is -2.51. The molecule has 0 saturated heterocycles. The zero-order valence-corrected chi connectivity index (χ0v) is 24.1. The highest BCUT2D eigenvalue weighted by molar-refractivity contribution is 7.92. The largest absolute Gasteiger partial charge is 0.416 e. The van der Waals surface area contributed by atoms with E-state index in [0.29, 0.717) is 27.5 Å². The number of benzene rings is 3. The fourth-order valence-electron chi connectivity index (χ4n) is 3.99. The first kappa shape index (κ1) is 32.0. The minimum Gasteiger partial charge on any atom is -0.354 e. The molecule has 3 aromatic carbocycles. The van der Waals surface area contributed by atoms with Gasteiger partial charge in [-0.15, -0.1) is 0 Å². The Balaban J connectivity index is 2.04. The average molecular weight is 610 g/mol. The van der Waals surface area contributed by atoms with Gasteiger partial charge in [-0.1, -0.05) is 61.3 Å². The van der Waals surface area contributed by atoms with Crippen LogP contribution in [0.1, 0.15) is 37.8 Å². The molecular formula is C29H31ClF3N3O4S. The van der Waals surface area contributed by atoms with Crippen molar-refractivity contribution >= 4 is 39.1 Å². The number of hydrogen-bond acceptors (Lipinski definition) is 4. The number of hydrogen-bond donors (Lipinski definition) is 1. The topological polar surface area (TPSA) is 86.8 Å². The van der Waals surface area contributed by atoms with Gasteiger partial charge in [-0.05, 0) is 61.4 Å². The monoisotopic (exact) mass is 609 g/mol. The molecule has 12 heteroatoms. The molecule has 0 radical (unpaired) electrons. The lowest BCUT2D eigenvalue weighted by molar-refractivity contribution is -0.139. The number of carbonyl (C=O) groups excluding carboxylic acids is 2. The van der Waals surface area contributed by atoms with Crippen molar-refractivity contribution in [1.82, 2.24) is 10.2 Å². The number of sulfonamides is 1. The summed E-state index contributed by atoms with van der Waals surface area (Å²) in [5.74, 6) is -1.23. The first-order chi connectivity index (χ1) is 19.3. The highest BCUT2D eigenvalue weighted by Gasteiger charge is 2.35. The van der Waals surface area contributed by atoms with Crippen LogP contribution in [-0.4, -0.2) is 44.3 Å². The second kappa shape index (κ2) is 13.9. The third-order valence-electron chi connectivity index (χ3n) is 6.33. The Labute approximate surface area is 243 Å². The van der Waals surface area contributed by atoms with Crippen LogP contribution in [0.5, 0.6) is 0 Å². The molecule has 0 spiro atoms. The van der Waals surface area contributed by atoms with Crippen molar-refractivity contribution in [2.45, 2.75) is 50.3 Å². The molecule has 2 amide bonds. The van der Waals surface area contributed by atoms with Crippen LogP contribution in [0.25, 0.3) is 0 Å². The normalized spacial score (nSPS) is 12.4. The number of amides is 2. The highest BCUT2D eigenvalue weighted by atomic mass is 35.5. The number of rotatable bonds is 12. The number of halogens is 4. The van der Waals surface area contributed by atoms with E-state index in [1.54, 1.807) is 30.3 Å². The molecule has 0 aliphatic heterocycles. The SMILES string of the molecule is CCCCNC(=O)[C@H](C)N(Cc1ccc(Cl)cc1)C(=O)CN(c1cccc(C(F)(F)F)c1)S(=O)(=O)c1ccccc1. The van der Waals surface area contributed by atoms with Crippen molar-refractivity contribution in [2.24, 2.45) is 0 Å². The van der Waals surface area contributed by atoms with E-state index >= 15 is 0 Å². The molecule has 0 unspecified atom stereocenters. The van der Waals surface area contributed by atoms with Gasteiger partial charge in [0, 0.05) is 18.1 Å². The number of carbonyl (C=O) groups is 2. The summed E-state index contributed by atoms with van der Waals surface area (Å²) in [6.45, 7) is 2.94. The van der Waals surface area contributed by atoms with E-state index in [1.165, 1.54) is 42.2 Å². The minimum atomic E-state index is -4.74. The van der Waals surface area contributed by atoms with E-state index < -0.39 is 46.2 Å². The maximum atomic E-state index is 13.8. The van der Waals surface area contributed by atoms with E-state index in [9.17, 15) is 31.2 Å². The van der Waals surface area contributed by atoms with E-state index in [2.05, 4.69) is 5.32 Å². The van der Waals surface area contributed by atoms with Gasteiger partial charge in [0.05, 0.1) is 16.1 Å². The van der Waals surface area contributed by atoms with E-state index in [0.717, 1.165) is 25.0 Å². The Bertz CT molecular complexity index is 1440. The summed E-state index contributed by atoms with van der Waals surface area (Å²) in [5.41, 5.74) is -0.798. The predicted molar refractivity (Wildman–Crippen MR) is 152 cm³/mol. The van der Waals surface area contributed by atoms with Gasteiger partial charge in [0.15, 0.2) is 0 Å². The van der Waals surface area contributed by atoms with Crippen molar-refractivity contribution in [3.05, 3.63) is 95.0 Å². The van der Waals surface area contributed by atoms with E-state index in [-0.39, 0.29) is 17.1 Å². The fourth-order valence-corrected chi connectivity index (χ4v) is 5.54. The van der Waals surface area contributed by atoms with Crippen LogP contribution < -0.4 is 9.62 Å². The lowest BCUT2D eigenvalue weighted by atomic mass is 10.1. The maximum Gasteiger partial charge on any atom is 0.416 e. The van der Waals surface area contributed by atoms with Crippen LogP contribution >= 0.6 is 11.6 Å². The summed E-state index contributed by atoms with van der Waals surface area (Å²) in [7, 11) is -4.49. The molecule has 0 aliphatic carbocycles. The molecule has 0 bridgehead atoms. The summed E-state index contributed by atoms with van der Waals surface area (Å²) in [6, 6.07) is 16.4. The van der Waals surface area contributed by atoms with Crippen LogP contribution in [0.2, 0.25) is 5.02 Å². The molecule has 1 N–H and O–H groups in total. The molecule has 0 aliphatic rings. The molecule has 1 atom stereocenters. The van der Waals surface area contributed by atoms with E-state index in [1.807, 2.05) is 6.92 Å². The second-order valence-electron chi connectivity index (χ2n) is 9.34. The van der Waals surface area contributed by atoms with Crippen LogP contribution in [0.15, 0.2) is 83.8 Å². The van der Waals surface area contributed by atoms with Crippen molar-refractivity contribution < 1.29 is 31.2 Å². The van der Waals surface area contributed by atoms with Gasteiger partial charge in [0.25, 0.3) is 10.0 Å². The molecule has 0 heterocycles. The molecule has 41 heavy (non-hydrogen) atoms. The van der Waals surface area contributed by atoms with Crippen molar-refractivity contribution in [1.29, 1.82) is 0 Å². The zero-order valence-electron chi connectivity index (χ0n) is 22.6. The van der Waals surface area contributed by atoms with Crippen molar-refractivity contribution in [3.63, 3.8) is 0 Å². The smallest absolute Gasteiger partial charge is 0.354 e. The number of nitrogens with one attached hydrogen (secondary N) is 1. The van der Waals surface area contributed by atoms with Crippen LogP contribution in [-0.2, 0) is 32.3 Å². The van der Waals surface area contributed by atoms with Gasteiger partial charge in [-0.2, -0.15) is 13.2 Å². The van der Waals surface area contributed by atoms with Gasteiger partial charge >= 0.3 is 6.18 Å². The van der Waals surface area contributed by atoms with Gasteiger partial charge in [0.1, 0.15) is 12.6 Å². The van der Waals surface area contributed by atoms with Gasteiger partial charge < -0.3 is 10.2 Å². The van der Waals surface area contributed by atoms with Crippen LogP contribution in [0.3, 0.4) is 0 Å². The summed E-state index contributed by atoms with van der Waals surface area (Å²) in [4.78, 5) is 27.8. The Hall–Kier alpha value is -3.57. The number of alkyl halides is 3. The Morgan fingerprint density at radius 2 is 1.63 bits per heavy atom. The third kappa shape index (κ3) is 8.46. The highest BCUT2D eigenvalue weighted by Crippen LogP contribution is 2.33. The minimum absolute atomic E-state index is 0.0693. The van der Waals surface area contributed by atoms with Crippen molar-refractivity contribution in [3.8, 4) is 0 Å². The first-order valence-corrected chi connectivity index (χ1v) is 14.7. The van der Waals surface area contributed by atoms with Gasteiger partial charge in [-0.25, -0.2) is 8.42 Å². The lowest BCUT2D eigenvalue weighted by Gasteiger charge is -2.32. The summed E-state index contributed by atoms with van der Waals surface area (Å²) < 4.78 is 68.7. The second-order valence-corrected chi connectivity index (χ2v) is 11.6. The maximum absolute atomic E-state index is 13.8. The van der Waals surface area contributed by atoms with E-state index in [4.69, 9.17) is 11.6 Å². The Morgan fingerprint density at radius 3 is 2.24 bits per heavy atom. The standard InChI is InChI=1S/C29H31ClF3N3O4S/c1-3-4-17-34-28(38)21(2)35(19-22-13-15-24(30)16-14-22)27(37)20-36(41(39,40)26-11-6-5-7-12-26)25-10-8-9-23(18-25)29(31,32)33/h5-16,18,21H,3-4,17,19-20H2,1-2H3,(H,34,38)/t21-/m0/s1. The summed E-state index contributed by atoms with van der Waals surface area (Å²) in [6.07, 6.45) is -3.18. The quantitative estimate of drug-likeness (QED) is 0.260. The molecule has 0 aromatic heterocycles. The molecule has 7 nitrogen and oxygen atoms in total. The van der Waals surface area contributed by atoms with Gasteiger partial charge in [0.2, 0.25) is 11.8 Å². The summed E-state index contributed by atoms with van der Waals surface area (Å²) in [5, 5.41) is 3.23. The van der Waals surface area contributed by atoms with Crippen LogP contribution in [0.4, 0.5) is 18.9 Å². The predicted octanol–water partition coefficient (Wildman–Crippen LogP) is 5.89. The number of unbranched alkanes of at least 4 members (excludes halogenated alkanes) is 1. The third-order valence-corrected chi connectivity index (χ3v) is 8.37. The van der Waals surface area contributed by atoms with Crippen LogP contribution in [0, 0.1) is 0 Å². The molecule has 0 fully saturated rings.